The highest BCUT2D eigenvalue weighted by molar-refractivity contribution is 7.92. The van der Waals surface area contributed by atoms with Gasteiger partial charge in [0.1, 0.15) is 5.69 Å². The van der Waals surface area contributed by atoms with Gasteiger partial charge in [-0.15, -0.1) is 0 Å². The van der Waals surface area contributed by atoms with Gasteiger partial charge in [-0.25, -0.2) is 18.4 Å². The zero-order valence-electron chi connectivity index (χ0n) is 18.0. The molecule has 3 atom stereocenters. The standard InChI is InChI=1S/C24H26N4O2S/c1-16-8-10-19(11-9-16)31(29,30)22(13-25)23-24(28-14-17(2)12-18(3)15-28)27-21-7-5-4-6-20(21)26-23/h4-11,17-18,22H,12,14-15H2,1-3H3/t17-,18+,22-/m0/s1. The van der Waals surface area contributed by atoms with Crippen LogP contribution in [0.3, 0.4) is 0 Å². The SMILES string of the molecule is Cc1ccc(S(=O)(=O)[C@@H](C#N)c2nc3ccccc3nc2N2C[C@H](C)C[C@H](C)C2)cc1. The summed E-state index contributed by atoms with van der Waals surface area (Å²) in [5, 5.41) is 8.58. The van der Waals surface area contributed by atoms with Crippen LogP contribution in [0.5, 0.6) is 0 Å². The fourth-order valence-electron chi connectivity index (χ4n) is 4.39. The first kappa shape index (κ1) is 21.3. The van der Waals surface area contributed by atoms with Crippen molar-refractivity contribution in [2.45, 2.75) is 37.3 Å². The monoisotopic (exact) mass is 434 g/mol. The van der Waals surface area contributed by atoms with Gasteiger partial charge in [-0.1, -0.05) is 43.7 Å². The summed E-state index contributed by atoms with van der Waals surface area (Å²) in [6, 6.07) is 16.0. The van der Waals surface area contributed by atoms with E-state index in [2.05, 4.69) is 23.7 Å². The van der Waals surface area contributed by atoms with Crippen molar-refractivity contribution in [3.63, 3.8) is 0 Å². The maximum Gasteiger partial charge on any atom is 0.200 e. The summed E-state index contributed by atoms with van der Waals surface area (Å²) in [4.78, 5) is 11.7. The van der Waals surface area contributed by atoms with Gasteiger partial charge in [0.2, 0.25) is 9.84 Å². The lowest BCUT2D eigenvalue weighted by Crippen LogP contribution is -2.40. The summed E-state index contributed by atoms with van der Waals surface area (Å²) in [7, 11) is -3.97. The van der Waals surface area contributed by atoms with Crippen LogP contribution in [0.1, 0.15) is 36.8 Å². The Morgan fingerprint density at radius 1 is 1.00 bits per heavy atom. The number of aryl methyl sites for hydroxylation is 1. The molecule has 0 bridgehead atoms. The van der Waals surface area contributed by atoms with Gasteiger partial charge in [0, 0.05) is 13.1 Å². The van der Waals surface area contributed by atoms with E-state index in [1.54, 1.807) is 30.3 Å². The highest BCUT2D eigenvalue weighted by Gasteiger charge is 2.36. The fourth-order valence-corrected chi connectivity index (χ4v) is 5.77. The summed E-state index contributed by atoms with van der Waals surface area (Å²) < 4.78 is 26.9. The Hall–Kier alpha value is -2.98. The molecule has 160 valence electrons. The zero-order valence-corrected chi connectivity index (χ0v) is 18.8. The lowest BCUT2D eigenvalue weighted by molar-refractivity contribution is 0.355. The molecule has 0 unspecified atom stereocenters. The summed E-state index contributed by atoms with van der Waals surface area (Å²) in [5.41, 5.74) is 2.44. The largest absolute Gasteiger partial charge is 0.354 e. The maximum atomic E-state index is 13.5. The lowest BCUT2D eigenvalue weighted by Gasteiger charge is -2.36. The van der Waals surface area contributed by atoms with Gasteiger partial charge in [0.15, 0.2) is 11.1 Å². The number of aromatic nitrogens is 2. The van der Waals surface area contributed by atoms with Crippen molar-refractivity contribution in [1.82, 2.24) is 9.97 Å². The third-order valence-corrected chi connectivity index (χ3v) is 7.65. The van der Waals surface area contributed by atoms with E-state index in [1.165, 1.54) is 0 Å². The lowest BCUT2D eigenvalue weighted by atomic mass is 9.92. The van der Waals surface area contributed by atoms with Crippen LogP contribution < -0.4 is 4.90 Å². The molecule has 1 aliphatic rings. The molecule has 1 aliphatic heterocycles. The van der Waals surface area contributed by atoms with Gasteiger partial charge in [0.25, 0.3) is 0 Å². The Labute approximate surface area is 183 Å². The molecule has 31 heavy (non-hydrogen) atoms. The van der Waals surface area contributed by atoms with E-state index < -0.39 is 15.1 Å². The average molecular weight is 435 g/mol. The number of fused-ring (bicyclic) bond motifs is 1. The third kappa shape index (κ3) is 4.13. The molecule has 0 N–H and O–H groups in total. The first-order valence-corrected chi connectivity index (χ1v) is 12.1. The molecule has 0 saturated carbocycles. The van der Waals surface area contributed by atoms with Gasteiger partial charge in [0.05, 0.1) is 22.0 Å². The second-order valence-corrected chi connectivity index (χ2v) is 10.7. The van der Waals surface area contributed by atoms with E-state index in [-0.39, 0.29) is 10.6 Å². The molecule has 3 aromatic rings. The molecule has 0 radical (unpaired) electrons. The fraction of sp³-hybridized carbons (Fsp3) is 0.375. The molecule has 0 aliphatic carbocycles. The Kier molecular flexibility index (Phi) is 5.67. The molecule has 1 aromatic heterocycles. The normalized spacial score (nSPS) is 20.4. The zero-order chi connectivity index (χ0) is 22.2. The van der Waals surface area contributed by atoms with E-state index in [0.717, 1.165) is 25.1 Å². The summed E-state index contributed by atoms with van der Waals surface area (Å²) in [5.74, 6) is 1.39. The van der Waals surface area contributed by atoms with Gasteiger partial charge in [-0.05, 0) is 49.4 Å². The Balaban J connectivity index is 1.90. The molecule has 1 saturated heterocycles. The number of sulfone groups is 1. The third-order valence-electron chi connectivity index (χ3n) is 5.77. The van der Waals surface area contributed by atoms with Crippen molar-refractivity contribution in [1.29, 1.82) is 5.26 Å². The van der Waals surface area contributed by atoms with E-state index in [1.807, 2.05) is 31.2 Å². The van der Waals surface area contributed by atoms with Crippen LogP contribution in [-0.2, 0) is 9.84 Å². The molecule has 0 spiro atoms. The van der Waals surface area contributed by atoms with Crippen molar-refractivity contribution >= 4 is 26.7 Å². The van der Waals surface area contributed by atoms with Gasteiger partial charge in [-0.3, -0.25) is 0 Å². The number of hydrogen-bond acceptors (Lipinski definition) is 6. The smallest absolute Gasteiger partial charge is 0.200 e. The number of nitriles is 1. The minimum Gasteiger partial charge on any atom is -0.354 e. The van der Waals surface area contributed by atoms with Crippen LogP contribution >= 0.6 is 0 Å². The van der Waals surface area contributed by atoms with Crippen LogP contribution in [0.4, 0.5) is 5.82 Å². The average Bonchev–Trinajstić information content (AvgIpc) is 2.73. The summed E-state index contributed by atoms with van der Waals surface area (Å²) in [6.45, 7) is 7.77. The number of piperidine rings is 1. The highest BCUT2D eigenvalue weighted by atomic mass is 32.2. The van der Waals surface area contributed by atoms with E-state index >= 15 is 0 Å². The van der Waals surface area contributed by atoms with E-state index in [0.29, 0.717) is 28.7 Å². The second kappa shape index (κ2) is 8.27. The molecule has 7 heteroatoms. The number of para-hydroxylation sites is 2. The summed E-state index contributed by atoms with van der Waals surface area (Å²) in [6.07, 6.45) is 1.11. The molecule has 6 nitrogen and oxygen atoms in total. The van der Waals surface area contributed by atoms with Crippen LogP contribution in [0.25, 0.3) is 11.0 Å². The van der Waals surface area contributed by atoms with Crippen molar-refractivity contribution in [2.75, 3.05) is 18.0 Å². The van der Waals surface area contributed by atoms with Gasteiger partial charge >= 0.3 is 0 Å². The van der Waals surface area contributed by atoms with Gasteiger partial charge in [-0.2, -0.15) is 5.26 Å². The highest BCUT2D eigenvalue weighted by Crippen LogP contribution is 2.36. The number of rotatable bonds is 4. The Morgan fingerprint density at radius 3 is 2.16 bits per heavy atom. The van der Waals surface area contributed by atoms with Crippen molar-refractivity contribution in [3.8, 4) is 6.07 Å². The predicted octanol–water partition coefficient (Wildman–Crippen LogP) is 4.46. The number of benzene rings is 2. The number of anilines is 1. The van der Waals surface area contributed by atoms with E-state index in [4.69, 9.17) is 4.98 Å². The molecule has 2 aromatic carbocycles. The molecule has 2 heterocycles. The van der Waals surface area contributed by atoms with E-state index in [9.17, 15) is 13.7 Å². The Bertz CT molecular complexity index is 1240. The topological polar surface area (TPSA) is 86.9 Å². The number of hydrogen-bond donors (Lipinski definition) is 0. The van der Waals surface area contributed by atoms with Crippen LogP contribution in [0.15, 0.2) is 53.4 Å². The second-order valence-electron chi connectivity index (χ2n) is 8.64. The molecule has 4 rings (SSSR count). The minimum absolute atomic E-state index is 0.117. The Morgan fingerprint density at radius 2 is 1.58 bits per heavy atom. The molecular weight excluding hydrogens is 408 g/mol. The van der Waals surface area contributed by atoms with Crippen molar-refractivity contribution in [3.05, 3.63) is 59.8 Å². The van der Waals surface area contributed by atoms with Gasteiger partial charge < -0.3 is 4.90 Å². The quantitative estimate of drug-likeness (QED) is 0.602. The van der Waals surface area contributed by atoms with Crippen LogP contribution in [-0.4, -0.2) is 31.5 Å². The molecule has 1 fully saturated rings. The van der Waals surface area contributed by atoms with Crippen molar-refractivity contribution < 1.29 is 8.42 Å². The van der Waals surface area contributed by atoms with Crippen LogP contribution in [0, 0.1) is 30.1 Å². The first-order chi connectivity index (χ1) is 14.8. The predicted molar refractivity (Wildman–Crippen MR) is 121 cm³/mol. The van der Waals surface area contributed by atoms with Crippen molar-refractivity contribution in [2.24, 2.45) is 11.8 Å². The molecule has 0 amide bonds. The maximum absolute atomic E-state index is 13.5. The summed E-state index contributed by atoms with van der Waals surface area (Å²) >= 11 is 0. The minimum atomic E-state index is -3.97. The molecular formula is C24H26N4O2S. The van der Waals surface area contributed by atoms with Crippen LogP contribution in [0.2, 0.25) is 0 Å². The first-order valence-electron chi connectivity index (χ1n) is 10.5. The number of nitrogens with zero attached hydrogens (tertiary/aromatic N) is 4.